The molecule has 138 valence electrons. The van der Waals surface area contributed by atoms with Crippen molar-refractivity contribution in [1.29, 1.82) is 10.8 Å². The Morgan fingerprint density at radius 1 is 0.964 bits per heavy atom. The fourth-order valence-corrected chi connectivity index (χ4v) is 3.14. The van der Waals surface area contributed by atoms with Gasteiger partial charge in [-0.05, 0) is 35.4 Å². The number of rotatable bonds is 4. The van der Waals surface area contributed by atoms with Gasteiger partial charge in [0.05, 0.1) is 17.0 Å². The summed E-state index contributed by atoms with van der Waals surface area (Å²) in [4.78, 5) is 9.07. The summed E-state index contributed by atoms with van der Waals surface area (Å²) in [5.74, 6) is 0.484. The lowest BCUT2D eigenvalue weighted by atomic mass is 10.00. The molecule has 0 fully saturated rings. The van der Waals surface area contributed by atoms with Gasteiger partial charge in [-0.3, -0.25) is 10.8 Å². The molecule has 0 amide bonds. The number of phenols is 1. The summed E-state index contributed by atoms with van der Waals surface area (Å²) in [6.45, 7) is 0. The SMILES string of the molecule is N=C(N)C1=CCC2=NC(c3cc(-c4cccc(C(=N)N)c4)ccc3O)=NC2=C1. The first-order chi connectivity index (χ1) is 13.4. The molecule has 1 heterocycles. The summed E-state index contributed by atoms with van der Waals surface area (Å²) in [5.41, 5.74) is 16.1. The van der Waals surface area contributed by atoms with Crippen LogP contribution >= 0.6 is 0 Å². The Balaban J connectivity index is 1.74. The van der Waals surface area contributed by atoms with Crippen LogP contribution in [0.5, 0.6) is 5.75 Å². The topological polar surface area (TPSA) is 145 Å². The lowest BCUT2D eigenvalue weighted by Gasteiger charge is -2.08. The molecule has 7 N–H and O–H groups in total. The number of fused-ring (bicyclic) bond motifs is 1. The van der Waals surface area contributed by atoms with Crippen LogP contribution in [-0.2, 0) is 0 Å². The third-order valence-corrected chi connectivity index (χ3v) is 4.63. The number of benzene rings is 2. The lowest BCUT2D eigenvalue weighted by Crippen LogP contribution is -2.15. The number of hydrogen-bond donors (Lipinski definition) is 5. The zero-order valence-electron chi connectivity index (χ0n) is 14.9. The molecule has 1 aliphatic heterocycles. The van der Waals surface area contributed by atoms with Gasteiger partial charge in [0.1, 0.15) is 17.4 Å². The van der Waals surface area contributed by atoms with Crippen molar-refractivity contribution in [2.75, 3.05) is 0 Å². The Kier molecular flexibility index (Phi) is 4.12. The fourth-order valence-electron chi connectivity index (χ4n) is 3.14. The molecule has 2 aromatic carbocycles. The summed E-state index contributed by atoms with van der Waals surface area (Å²) < 4.78 is 0. The van der Waals surface area contributed by atoms with E-state index in [4.69, 9.17) is 22.3 Å². The van der Waals surface area contributed by atoms with Gasteiger partial charge in [-0.15, -0.1) is 0 Å². The van der Waals surface area contributed by atoms with E-state index in [0.29, 0.717) is 34.7 Å². The first-order valence-electron chi connectivity index (χ1n) is 8.63. The van der Waals surface area contributed by atoms with Crippen LogP contribution in [0.4, 0.5) is 0 Å². The van der Waals surface area contributed by atoms with E-state index in [1.54, 1.807) is 24.3 Å². The van der Waals surface area contributed by atoms with Crippen molar-refractivity contribution in [3.8, 4) is 16.9 Å². The van der Waals surface area contributed by atoms with Gasteiger partial charge in [0, 0.05) is 17.6 Å². The van der Waals surface area contributed by atoms with Gasteiger partial charge in [-0.1, -0.05) is 30.3 Å². The normalized spacial score (nSPS) is 15.1. The van der Waals surface area contributed by atoms with Crippen molar-refractivity contribution in [3.05, 3.63) is 77.0 Å². The molecule has 0 spiro atoms. The summed E-state index contributed by atoms with van der Waals surface area (Å²) >= 11 is 0. The van der Waals surface area contributed by atoms with Crippen molar-refractivity contribution < 1.29 is 5.11 Å². The number of nitrogen functional groups attached to an aromatic ring is 1. The molecule has 0 unspecified atom stereocenters. The van der Waals surface area contributed by atoms with Gasteiger partial charge in [-0.2, -0.15) is 0 Å². The number of allylic oxidation sites excluding steroid dienone is 2. The monoisotopic (exact) mass is 370 g/mol. The number of amidine groups is 3. The average Bonchev–Trinajstić information content (AvgIpc) is 3.11. The van der Waals surface area contributed by atoms with Gasteiger partial charge in [0.2, 0.25) is 0 Å². The van der Waals surface area contributed by atoms with E-state index in [1.165, 1.54) is 0 Å². The predicted octanol–water partition coefficient (Wildman–Crippen LogP) is 2.69. The van der Waals surface area contributed by atoms with E-state index in [0.717, 1.165) is 16.8 Å². The number of phenolic OH excluding ortho intramolecular Hbond substituents is 1. The second-order valence-electron chi connectivity index (χ2n) is 6.53. The maximum Gasteiger partial charge on any atom is 0.163 e. The van der Waals surface area contributed by atoms with Crippen molar-refractivity contribution in [3.63, 3.8) is 0 Å². The molecule has 7 heteroatoms. The molecule has 0 aromatic heterocycles. The number of nitrogens with zero attached hydrogens (tertiary/aromatic N) is 2. The molecule has 0 bridgehead atoms. The third-order valence-electron chi connectivity index (χ3n) is 4.63. The molecule has 0 saturated heterocycles. The maximum atomic E-state index is 10.4. The Labute approximate surface area is 161 Å². The van der Waals surface area contributed by atoms with E-state index < -0.39 is 0 Å². The zero-order valence-corrected chi connectivity index (χ0v) is 14.9. The Hall–Kier alpha value is -4.00. The lowest BCUT2D eigenvalue weighted by molar-refractivity contribution is 0.474. The Morgan fingerprint density at radius 2 is 1.75 bits per heavy atom. The highest BCUT2D eigenvalue weighted by molar-refractivity contribution is 6.21. The van der Waals surface area contributed by atoms with Crippen LogP contribution in [0.15, 0.2) is 75.9 Å². The predicted molar refractivity (Wildman–Crippen MR) is 111 cm³/mol. The van der Waals surface area contributed by atoms with E-state index in [9.17, 15) is 5.11 Å². The minimum Gasteiger partial charge on any atom is -0.507 e. The zero-order chi connectivity index (χ0) is 19.8. The van der Waals surface area contributed by atoms with Gasteiger partial charge >= 0.3 is 0 Å². The van der Waals surface area contributed by atoms with Crippen molar-refractivity contribution in [2.24, 2.45) is 21.5 Å². The van der Waals surface area contributed by atoms with Crippen molar-refractivity contribution in [2.45, 2.75) is 6.42 Å². The molecule has 2 aliphatic rings. The van der Waals surface area contributed by atoms with Crippen LogP contribution in [-0.4, -0.2) is 28.3 Å². The van der Waals surface area contributed by atoms with E-state index in [-0.39, 0.29) is 17.4 Å². The maximum absolute atomic E-state index is 10.4. The largest absolute Gasteiger partial charge is 0.507 e. The number of nitrogens with one attached hydrogen (secondary N) is 2. The first kappa shape index (κ1) is 17.4. The summed E-state index contributed by atoms with van der Waals surface area (Å²) in [6, 6.07) is 12.6. The Morgan fingerprint density at radius 3 is 2.50 bits per heavy atom. The smallest absolute Gasteiger partial charge is 0.163 e. The van der Waals surface area contributed by atoms with Crippen LogP contribution in [0.1, 0.15) is 17.5 Å². The number of hydrogen-bond acceptors (Lipinski definition) is 5. The minimum atomic E-state index is -0.00889. The van der Waals surface area contributed by atoms with Crippen LogP contribution in [0.3, 0.4) is 0 Å². The molecule has 0 radical (unpaired) electrons. The molecule has 7 nitrogen and oxygen atoms in total. The van der Waals surface area contributed by atoms with Gasteiger partial charge in [0.25, 0.3) is 0 Å². The third kappa shape index (κ3) is 3.09. The number of nitrogens with two attached hydrogens (primary N) is 2. The second kappa shape index (κ2) is 6.62. The number of aliphatic imine (C=N–C) groups is 2. The highest BCUT2D eigenvalue weighted by Crippen LogP contribution is 2.31. The van der Waals surface area contributed by atoms with Crippen LogP contribution in [0.2, 0.25) is 0 Å². The minimum absolute atomic E-state index is 0.00259. The van der Waals surface area contributed by atoms with E-state index >= 15 is 0 Å². The van der Waals surface area contributed by atoms with Crippen molar-refractivity contribution in [1.82, 2.24) is 0 Å². The van der Waals surface area contributed by atoms with E-state index in [1.807, 2.05) is 30.3 Å². The molecule has 1 aliphatic carbocycles. The fraction of sp³-hybridized carbons (Fsp3) is 0.0476. The first-order valence-corrected chi connectivity index (χ1v) is 8.63. The number of aromatic hydroxyl groups is 1. The van der Waals surface area contributed by atoms with Gasteiger partial charge < -0.3 is 16.6 Å². The molecular formula is C21H18N6O. The average molecular weight is 370 g/mol. The second-order valence-corrected chi connectivity index (χ2v) is 6.53. The van der Waals surface area contributed by atoms with Crippen LogP contribution in [0.25, 0.3) is 11.1 Å². The molecular weight excluding hydrogens is 352 g/mol. The van der Waals surface area contributed by atoms with Gasteiger partial charge in [-0.25, -0.2) is 9.98 Å². The summed E-state index contributed by atoms with van der Waals surface area (Å²) in [7, 11) is 0. The molecule has 0 saturated carbocycles. The molecule has 0 atom stereocenters. The van der Waals surface area contributed by atoms with Gasteiger partial charge in [0.15, 0.2) is 5.84 Å². The van der Waals surface area contributed by atoms with Crippen molar-refractivity contribution >= 4 is 23.2 Å². The Bertz CT molecular complexity index is 1150. The molecule has 2 aromatic rings. The van der Waals surface area contributed by atoms with E-state index in [2.05, 4.69) is 9.98 Å². The highest BCUT2D eigenvalue weighted by atomic mass is 16.3. The molecule has 28 heavy (non-hydrogen) atoms. The van der Waals surface area contributed by atoms with Crippen LogP contribution in [0, 0.1) is 10.8 Å². The standard InChI is InChI=1S/C21H18N6O/c22-19(23)13-3-1-2-11(8-13)12-5-7-18(28)15(9-12)21-26-16-6-4-14(20(24)25)10-17(16)27-21/h1-5,7-10,28H,6H2,(H3,22,23)(H3,24,25). The quantitative estimate of drug-likeness (QED) is 0.417. The highest BCUT2D eigenvalue weighted by Gasteiger charge is 2.22. The molecule has 4 rings (SSSR count). The van der Waals surface area contributed by atoms with Crippen LogP contribution < -0.4 is 11.5 Å². The summed E-state index contributed by atoms with van der Waals surface area (Å²) in [6.07, 6.45) is 4.11. The summed E-state index contributed by atoms with van der Waals surface area (Å²) in [5, 5.41) is 25.6.